The Morgan fingerprint density at radius 1 is 0.441 bits per heavy atom. The van der Waals surface area contributed by atoms with Gasteiger partial charge in [-0.05, 0) is 86.5 Å². The molecule has 2 aromatic rings. The minimum absolute atomic E-state index is 0.0508. The van der Waals surface area contributed by atoms with Gasteiger partial charge < -0.3 is 67.8 Å². The first-order valence-electron chi connectivity index (χ1n) is 31.2. The molecule has 0 saturated heterocycles. The second-order valence-electron chi connectivity index (χ2n) is 25.3. The zero-order chi connectivity index (χ0) is 70.6. The summed E-state index contributed by atoms with van der Waals surface area (Å²) >= 11 is 0. The van der Waals surface area contributed by atoms with Crippen LogP contribution in [0, 0.1) is 53.3 Å². The molecule has 27 nitrogen and oxygen atoms in total. The maximum absolute atomic E-state index is 14.7. The number of primary amides is 1. The molecule has 0 aliphatic heterocycles. The Labute approximate surface area is 540 Å². The van der Waals surface area contributed by atoms with Gasteiger partial charge in [-0.2, -0.15) is 0 Å². The van der Waals surface area contributed by atoms with E-state index in [1.807, 2.05) is 0 Å². The van der Waals surface area contributed by atoms with E-state index >= 15 is 0 Å². The Hall–Kier alpha value is -8.75. The van der Waals surface area contributed by atoms with Crippen molar-refractivity contribution in [2.24, 2.45) is 59.0 Å². The molecule has 0 heterocycles. The van der Waals surface area contributed by atoms with Crippen molar-refractivity contribution in [1.82, 2.24) is 26.6 Å². The quantitative estimate of drug-likeness (QED) is 0.0452. The summed E-state index contributed by atoms with van der Waals surface area (Å²) in [6, 6.07) is 7.72. The molecule has 27 heteroatoms. The molecule has 0 aliphatic carbocycles. The van der Waals surface area contributed by atoms with Crippen LogP contribution in [-0.2, 0) is 84.8 Å². The normalized spacial score (nSPS) is 15.2. The lowest BCUT2D eigenvalue weighted by molar-refractivity contribution is -0.149. The van der Waals surface area contributed by atoms with Gasteiger partial charge in [-0.3, -0.25) is 67.1 Å². The third-order valence-electron chi connectivity index (χ3n) is 15.8. The number of rotatable bonds is 46. The van der Waals surface area contributed by atoms with Crippen LogP contribution in [0.1, 0.15) is 157 Å². The lowest BCUT2D eigenvalue weighted by atomic mass is 9.87. The van der Waals surface area contributed by atoms with Gasteiger partial charge >= 0.3 is 23.9 Å². The number of carbonyl (C=O) groups excluding carboxylic acids is 11. The molecule has 13 N–H and O–H groups in total. The van der Waals surface area contributed by atoms with Gasteiger partial charge in [0.15, 0.2) is 23.1 Å². The monoisotopic (exact) mass is 1310 g/mol. The molecule has 6 amide bonds. The van der Waals surface area contributed by atoms with Crippen LogP contribution in [-0.4, -0.2) is 155 Å². The third kappa shape index (κ3) is 30.0. The zero-order valence-corrected chi connectivity index (χ0v) is 54.3. The maximum atomic E-state index is 14.7. The average molecular weight is 1310 g/mol. The number of carboxylic acid groups (broad SMARTS) is 4. The summed E-state index contributed by atoms with van der Waals surface area (Å²) in [5, 5.41) is 72.3. The summed E-state index contributed by atoms with van der Waals surface area (Å²) in [5.74, 6) is -23.0. The van der Waals surface area contributed by atoms with E-state index in [0.29, 0.717) is 11.1 Å². The van der Waals surface area contributed by atoms with E-state index in [2.05, 4.69) is 26.6 Å². The molecule has 0 fully saturated rings. The number of aliphatic carboxylic acids is 4. The van der Waals surface area contributed by atoms with E-state index in [1.54, 1.807) is 71.9 Å². The van der Waals surface area contributed by atoms with E-state index in [0.717, 1.165) is 0 Å². The zero-order valence-electron chi connectivity index (χ0n) is 54.3. The number of hydrogen-bond acceptors (Lipinski definition) is 17. The minimum atomic E-state index is -1.70. The van der Waals surface area contributed by atoms with E-state index < -0.39 is 224 Å². The van der Waals surface area contributed by atoms with Gasteiger partial charge in [0.2, 0.25) is 35.4 Å². The largest absolute Gasteiger partial charge is 0.508 e. The van der Waals surface area contributed by atoms with Gasteiger partial charge in [-0.1, -0.05) is 97.9 Å². The average Bonchev–Trinajstić information content (AvgIpc) is 0.946. The number of phenolic OH excluding ortho intramolecular Hbond substituents is 1. The molecule has 0 unspecified atom stereocenters. The van der Waals surface area contributed by atoms with E-state index in [4.69, 9.17) is 5.73 Å². The second kappa shape index (κ2) is 39.6. The maximum Gasteiger partial charge on any atom is 0.307 e. The smallest absolute Gasteiger partial charge is 0.307 e. The van der Waals surface area contributed by atoms with Gasteiger partial charge in [0, 0.05) is 75.0 Å². The number of nitrogens with one attached hydrogen (secondary N) is 5. The summed E-state index contributed by atoms with van der Waals surface area (Å²) < 4.78 is 0. The lowest BCUT2D eigenvalue weighted by Crippen LogP contribution is -2.51. The lowest BCUT2D eigenvalue weighted by Gasteiger charge is -2.30. The Kier molecular flexibility index (Phi) is 34.2. The Bertz CT molecular complexity index is 2950. The van der Waals surface area contributed by atoms with Crippen molar-refractivity contribution in [2.75, 3.05) is 0 Å². The molecule has 2 aromatic carbocycles. The first-order chi connectivity index (χ1) is 43.4. The Morgan fingerprint density at radius 3 is 1.42 bits per heavy atom. The fourth-order valence-corrected chi connectivity index (χ4v) is 10.6. The van der Waals surface area contributed by atoms with Crippen LogP contribution in [0.15, 0.2) is 54.6 Å². The van der Waals surface area contributed by atoms with Crippen molar-refractivity contribution in [2.45, 2.75) is 195 Å². The van der Waals surface area contributed by atoms with Crippen molar-refractivity contribution in [3.05, 3.63) is 65.7 Å². The number of carboxylic acids is 4. The molecule has 0 saturated carbocycles. The molecule has 514 valence electrons. The molecular weight excluding hydrogens is 1210 g/mol. The predicted octanol–water partition coefficient (Wildman–Crippen LogP) is 3.43. The van der Waals surface area contributed by atoms with Crippen molar-refractivity contribution in [1.29, 1.82) is 0 Å². The SMILES string of the molecule is CC(=O)C[C@@H](CCC(=O)O)C(=O)N[C@H](C(=O)C[C@@H](CC(N)=O)C(=O)N[C@@H](CC(C)C)[C@@H](O)C[C@@H](C)C(=O)N[C@H](C(=O)C[C@@H](Cc1ccccc1)C(=O)N[C@@H](Cc1ccc(O)cc1)C(=O)C[C@@H](C)C(=O)N[C@@H](CCC(=O)O)C(=O)C[C@@H](CC(=O)O)C(=O)O)C(C)C)C(C)C. The molecule has 0 aromatic heterocycles. The number of Topliss-reactive ketones (excluding diaryl/α,β-unsaturated/α-hetero) is 5. The number of nitrogens with two attached hydrogens (primary N) is 1. The number of aliphatic hydroxyl groups is 1. The highest BCUT2D eigenvalue weighted by Gasteiger charge is 2.38. The van der Waals surface area contributed by atoms with Gasteiger partial charge in [-0.25, -0.2) is 0 Å². The summed E-state index contributed by atoms with van der Waals surface area (Å²) in [5.41, 5.74) is 6.60. The van der Waals surface area contributed by atoms with Crippen LogP contribution in [0.5, 0.6) is 5.75 Å². The summed E-state index contributed by atoms with van der Waals surface area (Å²) in [6.07, 6.45) is -7.95. The van der Waals surface area contributed by atoms with E-state index in [-0.39, 0.29) is 56.0 Å². The van der Waals surface area contributed by atoms with Gasteiger partial charge in [0.25, 0.3) is 0 Å². The molecule has 93 heavy (non-hydrogen) atoms. The first-order valence-corrected chi connectivity index (χ1v) is 31.2. The number of hydrogen-bond donors (Lipinski definition) is 12. The molecule has 2 rings (SSSR count). The number of aromatic hydroxyl groups is 1. The van der Waals surface area contributed by atoms with Crippen LogP contribution in [0.3, 0.4) is 0 Å². The Morgan fingerprint density at radius 2 is 0.914 bits per heavy atom. The van der Waals surface area contributed by atoms with E-state index in [9.17, 15) is 103 Å². The highest BCUT2D eigenvalue weighted by molar-refractivity contribution is 5.98. The number of carbonyl (C=O) groups is 15. The fraction of sp³-hybridized carbons (Fsp3) is 0.591. The highest BCUT2D eigenvalue weighted by atomic mass is 16.4. The van der Waals surface area contributed by atoms with Crippen LogP contribution in [0.2, 0.25) is 0 Å². The van der Waals surface area contributed by atoms with Crippen molar-refractivity contribution in [3.63, 3.8) is 0 Å². The van der Waals surface area contributed by atoms with Crippen LogP contribution >= 0.6 is 0 Å². The van der Waals surface area contributed by atoms with Crippen molar-refractivity contribution >= 4 is 88.2 Å². The van der Waals surface area contributed by atoms with Crippen LogP contribution in [0.25, 0.3) is 0 Å². The predicted molar refractivity (Wildman–Crippen MR) is 335 cm³/mol. The van der Waals surface area contributed by atoms with Crippen LogP contribution in [0.4, 0.5) is 0 Å². The molecule has 0 spiro atoms. The Balaban J connectivity index is 2.43. The number of aliphatic hydroxyl groups excluding tert-OH is 1. The van der Waals surface area contributed by atoms with E-state index in [1.165, 1.54) is 45.0 Å². The number of amides is 6. The molecule has 0 radical (unpaired) electrons. The second-order valence-corrected chi connectivity index (χ2v) is 25.3. The summed E-state index contributed by atoms with van der Waals surface area (Å²) in [6.45, 7) is 14.2. The van der Waals surface area contributed by atoms with Crippen molar-refractivity contribution in [3.8, 4) is 5.75 Å². The van der Waals surface area contributed by atoms with Gasteiger partial charge in [0.05, 0.1) is 54.6 Å². The molecule has 0 aliphatic rings. The molecule has 12 atom stereocenters. The minimum Gasteiger partial charge on any atom is -0.508 e. The van der Waals surface area contributed by atoms with Crippen molar-refractivity contribution < 1.29 is 103 Å². The number of benzene rings is 2. The van der Waals surface area contributed by atoms with Gasteiger partial charge in [0.1, 0.15) is 11.5 Å². The summed E-state index contributed by atoms with van der Waals surface area (Å²) in [4.78, 5) is 196. The molecular formula is C66H94N6O21. The third-order valence-corrected chi connectivity index (χ3v) is 15.8. The van der Waals surface area contributed by atoms with Gasteiger partial charge in [-0.15, -0.1) is 0 Å². The van der Waals surface area contributed by atoms with Crippen LogP contribution < -0.4 is 32.3 Å². The molecule has 0 bridgehead atoms. The highest BCUT2D eigenvalue weighted by Crippen LogP contribution is 2.24. The number of ketones is 5. The number of phenols is 1. The summed E-state index contributed by atoms with van der Waals surface area (Å²) in [7, 11) is 0. The standard InChI is InChI=1S/C66H94N6O21/c1-34(2)23-48(69-65(91)44(32-55(67)80)30-54(79)60(36(5)6)72-63(89)42(26-39(9)73)17-21-56(81)82)50(75)25-38(8)62(88)71-59(35(3)4)53(78)29-43(27-40-13-11-10-12-14-40)64(90)70-49(28-41-15-18-46(74)19-16-41)51(76)24-37(7)61(87)68-47(20-22-57(83)84)52(77)31-45(66(92)93)33-58(85)86/h10-16,18-19,34-38,42-45,47-50,59-60,74-75H,17,20-33H2,1-9H3,(H2,67,80)(H,68,87)(H,69,91)(H,70,90)(H,71,88)(H,72,89)(H,81,82)(H,83,84)(H,85,86)(H,92,93)/t37-,38-,42-,43-,44+,45+,47+,48+,49+,50+,59+,60+/m1/s1. The topological polar surface area (TPSA) is 464 Å². The fourth-order valence-electron chi connectivity index (χ4n) is 10.6. The first kappa shape index (κ1) is 80.3.